The van der Waals surface area contributed by atoms with E-state index in [-0.39, 0.29) is 16.9 Å². The molecule has 3 aromatic rings. The van der Waals surface area contributed by atoms with E-state index in [9.17, 15) is 18.9 Å². The van der Waals surface area contributed by atoms with Gasteiger partial charge in [0.1, 0.15) is 34.3 Å². The van der Waals surface area contributed by atoms with E-state index in [0.717, 1.165) is 11.8 Å². The SMILES string of the molecule is CCOc1ccc(-c2c(C#N)c(N)nc(SCc3cccc(NS(C)(=O)=O)c3)c2C#N)cc1. The van der Waals surface area contributed by atoms with Crippen LogP contribution in [0.25, 0.3) is 11.1 Å². The van der Waals surface area contributed by atoms with Gasteiger partial charge in [-0.3, -0.25) is 4.72 Å². The molecule has 0 saturated carbocycles. The monoisotopic (exact) mass is 479 g/mol. The molecule has 0 spiro atoms. The van der Waals surface area contributed by atoms with Crippen molar-refractivity contribution in [2.24, 2.45) is 0 Å². The summed E-state index contributed by atoms with van der Waals surface area (Å²) in [6.07, 6.45) is 1.08. The second kappa shape index (κ2) is 10.3. The summed E-state index contributed by atoms with van der Waals surface area (Å²) >= 11 is 1.28. The molecule has 0 aliphatic carbocycles. The van der Waals surface area contributed by atoms with Crippen LogP contribution < -0.4 is 15.2 Å². The number of rotatable bonds is 8. The maximum Gasteiger partial charge on any atom is 0.229 e. The molecule has 0 amide bonds. The van der Waals surface area contributed by atoms with Crippen molar-refractivity contribution >= 4 is 33.3 Å². The Bertz CT molecular complexity index is 1360. The zero-order chi connectivity index (χ0) is 24.0. The molecule has 3 rings (SSSR count). The first-order valence-corrected chi connectivity index (χ1v) is 12.7. The third-order valence-corrected chi connectivity index (χ3v) is 6.13. The second-order valence-electron chi connectivity index (χ2n) is 6.97. The van der Waals surface area contributed by atoms with E-state index in [1.54, 1.807) is 42.5 Å². The van der Waals surface area contributed by atoms with Crippen molar-refractivity contribution in [2.75, 3.05) is 23.3 Å². The fourth-order valence-corrected chi connectivity index (χ4v) is 4.66. The van der Waals surface area contributed by atoms with Crippen LogP contribution >= 0.6 is 11.8 Å². The van der Waals surface area contributed by atoms with Gasteiger partial charge in [0.05, 0.1) is 18.4 Å². The second-order valence-corrected chi connectivity index (χ2v) is 9.68. The summed E-state index contributed by atoms with van der Waals surface area (Å²) in [5.74, 6) is 1.13. The molecular formula is C23H21N5O3S2. The number of anilines is 2. The minimum Gasteiger partial charge on any atom is -0.494 e. The number of nitrogens with one attached hydrogen (secondary N) is 1. The van der Waals surface area contributed by atoms with Crippen LogP contribution in [0.2, 0.25) is 0 Å². The summed E-state index contributed by atoms with van der Waals surface area (Å²) in [5.41, 5.74) is 8.81. The molecule has 0 fully saturated rings. The van der Waals surface area contributed by atoms with E-state index in [4.69, 9.17) is 10.5 Å². The molecule has 2 aromatic carbocycles. The lowest BCUT2D eigenvalue weighted by atomic mass is 9.97. The maximum atomic E-state index is 11.5. The number of benzene rings is 2. The molecule has 1 aromatic heterocycles. The number of hydrogen-bond donors (Lipinski definition) is 2. The summed E-state index contributed by atoms with van der Waals surface area (Å²) in [4.78, 5) is 4.30. The molecule has 0 radical (unpaired) electrons. The highest BCUT2D eigenvalue weighted by Gasteiger charge is 2.20. The number of ether oxygens (including phenoxy) is 1. The van der Waals surface area contributed by atoms with Gasteiger partial charge >= 0.3 is 0 Å². The Morgan fingerprint density at radius 2 is 1.82 bits per heavy atom. The Morgan fingerprint density at radius 3 is 2.42 bits per heavy atom. The first kappa shape index (κ1) is 23.9. The van der Waals surface area contributed by atoms with Crippen LogP contribution in [-0.4, -0.2) is 26.3 Å². The average molecular weight is 480 g/mol. The van der Waals surface area contributed by atoms with Gasteiger partial charge < -0.3 is 10.5 Å². The van der Waals surface area contributed by atoms with E-state index in [2.05, 4.69) is 21.8 Å². The van der Waals surface area contributed by atoms with Crippen LogP contribution in [0.1, 0.15) is 23.6 Å². The Labute approximate surface area is 197 Å². The number of pyridine rings is 1. The first-order valence-electron chi connectivity index (χ1n) is 9.82. The molecule has 168 valence electrons. The number of nitriles is 2. The van der Waals surface area contributed by atoms with Crippen LogP contribution in [0.4, 0.5) is 11.5 Å². The largest absolute Gasteiger partial charge is 0.494 e. The third kappa shape index (κ3) is 5.95. The van der Waals surface area contributed by atoms with Gasteiger partial charge in [-0.1, -0.05) is 24.3 Å². The zero-order valence-electron chi connectivity index (χ0n) is 18.0. The molecule has 0 unspecified atom stereocenters. The van der Waals surface area contributed by atoms with Crippen molar-refractivity contribution in [1.82, 2.24) is 4.98 Å². The Kier molecular flexibility index (Phi) is 7.44. The van der Waals surface area contributed by atoms with Crippen molar-refractivity contribution in [1.29, 1.82) is 10.5 Å². The summed E-state index contributed by atoms with van der Waals surface area (Å²) in [6, 6.07) is 18.3. The van der Waals surface area contributed by atoms with Gasteiger partial charge in [-0.05, 0) is 42.3 Å². The molecule has 0 bridgehead atoms. The number of nitrogens with zero attached hydrogens (tertiary/aromatic N) is 3. The molecule has 0 aliphatic heterocycles. The number of nitrogens with two attached hydrogens (primary N) is 1. The zero-order valence-corrected chi connectivity index (χ0v) is 19.6. The van der Waals surface area contributed by atoms with Crippen LogP contribution in [0.3, 0.4) is 0 Å². The summed E-state index contributed by atoms with van der Waals surface area (Å²) in [7, 11) is -3.40. The smallest absolute Gasteiger partial charge is 0.229 e. The van der Waals surface area contributed by atoms with Crippen molar-refractivity contribution in [2.45, 2.75) is 17.7 Å². The molecule has 10 heteroatoms. The Balaban J connectivity index is 1.98. The summed E-state index contributed by atoms with van der Waals surface area (Å²) in [6.45, 7) is 2.41. The Hall–Kier alpha value is -3.73. The molecule has 1 heterocycles. The van der Waals surface area contributed by atoms with Gasteiger partial charge in [-0.15, -0.1) is 11.8 Å². The highest BCUT2D eigenvalue weighted by molar-refractivity contribution is 7.98. The van der Waals surface area contributed by atoms with Crippen molar-refractivity contribution in [3.63, 3.8) is 0 Å². The molecule has 0 aliphatic rings. The van der Waals surface area contributed by atoms with Gasteiger partial charge in [-0.25, -0.2) is 13.4 Å². The van der Waals surface area contributed by atoms with Crippen LogP contribution in [0.15, 0.2) is 53.6 Å². The van der Waals surface area contributed by atoms with E-state index >= 15 is 0 Å². The predicted molar refractivity (Wildman–Crippen MR) is 129 cm³/mol. The lowest BCUT2D eigenvalue weighted by Crippen LogP contribution is -2.09. The van der Waals surface area contributed by atoms with Crippen LogP contribution in [0.5, 0.6) is 5.75 Å². The van der Waals surface area contributed by atoms with Crippen molar-refractivity contribution in [3.8, 4) is 29.0 Å². The number of hydrogen-bond acceptors (Lipinski definition) is 8. The fraction of sp³-hybridized carbons (Fsp3) is 0.174. The van der Waals surface area contributed by atoms with Gasteiger partial charge in [0.2, 0.25) is 10.0 Å². The first-order chi connectivity index (χ1) is 15.8. The Morgan fingerprint density at radius 1 is 1.12 bits per heavy atom. The molecular weight excluding hydrogens is 458 g/mol. The topological polar surface area (TPSA) is 142 Å². The van der Waals surface area contributed by atoms with Crippen molar-refractivity contribution < 1.29 is 13.2 Å². The summed E-state index contributed by atoms with van der Waals surface area (Å²) in [5, 5.41) is 20.0. The van der Waals surface area contributed by atoms with Crippen molar-refractivity contribution in [3.05, 3.63) is 65.2 Å². The number of sulfonamides is 1. The highest BCUT2D eigenvalue weighted by atomic mass is 32.2. The normalized spacial score (nSPS) is 10.8. The number of thioether (sulfide) groups is 1. The lowest BCUT2D eigenvalue weighted by Gasteiger charge is -2.14. The predicted octanol–water partition coefficient (Wildman–Crippen LogP) is 4.14. The fourth-order valence-electron chi connectivity index (χ4n) is 3.17. The van der Waals surface area contributed by atoms with E-state index < -0.39 is 10.0 Å². The minimum atomic E-state index is -3.40. The highest BCUT2D eigenvalue weighted by Crippen LogP contribution is 2.37. The van der Waals surface area contributed by atoms with E-state index in [1.165, 1.54) is 11.8 Å². The standard InChI is InChI=1S/C23H21N5O3S2/c1-3-31-18-9-7-16(8-10-18)21-19(12-24)22(26)27-23(20(21)13-25)32-14-15-5-4-6-17(11-15)28-33(2,29)30/h4-11,28H,3,14H2,1-2H3,(H2,26,27). The minimum absolute atomic E-state index is 0.0374. The van der Waals surface area contributed by atoms with Crippen LogP contribution in [-0.2, 0) is 15.8 Å². The van der Waals surface area contributed by atoms with Gasteiger partial charge in [0.15, 0.2) is 0 Å². The van der Waals surface area contributed by atoms with E-state index in [1.807, 2.05) is 13.0 Å². The molecule has 0 atom stereocenters. The molecule has 33 heavy (non-hydrogen) atoms. The van der Waals surface area contributed by atoms with Gasteiger partial charge in [-0.2, -0.15) is 10.5 Å². The number of aromatic nitrogens is 1. The molecule has 0 saturated heterocycles. The quantitative estimate of drug-likeness (QED) is 0.459. The van der Waals surface area contributed by atoms with Crippen LogP contribution in [0, 0.1) is 22.7 Å². The maximum absolute atomic E-state index is 11.5. The molecule has 8 nitrogen and oxygen atoms in total. The van der Waals surface area contributed by atoms with Gasteiger partial charge in [0.25, 0.3) is 0 Å². The number of nitrogen functional groups attached to an aromatic ring is 1. The summed E-state index contributed by atoms with van der Waals surface area (Å²) < 4.78 is 30.9. The average Bonchev–Trinajstić information content (AvgIpc) is 2.77. The third-order valence-electron chi connectivity index (χ3n) is 4.48. The van der Waals surface area contributed by atoms with E-state index in [0.29, 0.717) is 39.9 Å². The lowest BCUT2D eigenvalue weighted by molar-refractivity contribution is 0.340. The van der Waals surface area contributed by atoms with Gasteiger partial charge in [0, 0.05) is 17.0 Å². The molecule has 3 N–H and O–H groups in total.